The van der Waals surface area contributed by atoms with E-state index in [0.717, 1.165) is 11.1 Å². The SMILES string of the molecule is CC[C@@H](C)[C@@H](NC(=O)OCc1ccccc1)C(=O)OCC(=O)NCCc1ccccc1. The molecule has 2 amide bonds. The van der Waals surface area contributed by atoms with E-state index in [2.05, 4.69) is 10.6 Å². The van der Waals surface area contributed by atoms with Crippen molar-refractivity contribution in [2.45, 2.75) is 39.3 Å². The molecule has 0 bridgehead atoms. The van der Waals surface area contributed by atoms with Crippen LogP contribution in [0, 0.1) is 5.92 Å². The van der Waals surface area contributed by atoms with Gasteiger partial charge < -0.3 is 20.1 Å². The zero-order chi connectivity index (χ0) is 22.5. The van der Waals surface area contributed by atoms with Crippen molar-refractivity contribution in [1.29, 1.82) is 0 Å². The fraction of sp³-hybridized carbons (Fsp3) is 0.375. The Morgan fingerprint density at radius 3 is 2.13 bits per heavy atom. The van der Waals surface area contributed by atoms with Gasteiger partial charge in [0.15, 0.2) is 6.61 Å². The highest BCUT2D eigenvalue weighted by atomic mass is 16.6. The Hall–Kier alpha value is -3.35. The van der Waals surface area contributed by atoms with Crippen molar-refractivity contribution < 1.29 is 23.9 Å². The molecule has 2 rings (SSSR count). The highest BCUT2D eigenvalue weighted by molar-refractivity contribution is 5.84. The van der Waals surface area contributed by atoms with Crippen molar-refractivity contribution >= 4 is 18.0 Å². The summed E-state index contributed by atoms with van der Waals surface area (Å²) in [4.78, 5) is 36.6. The fourth-order valence-corrected chi connectivity index (χ4v) is 2.83. The predicted octanol–water partition coefficient (Wildman–Crippen LogP) is 3.23. The van der Waals surface area contributed by atoms with Gasteiger partial charge in [0.05, 0.1) is 0 Å². The molecule has 2 aromatic rings. The fourth-order valence-electron chi connectivity index (χ4n) is 2.83. The van der Waals surface area contributed by atoms with Crippen molar-refractivity contribution in [3.63, 3.8) is 0 Å². The molecular weight excluding hydrogens is 396 g/mol. The molecule has 2 N–H and O–H groups in total. The van der Waals surface area contributed by atoms with Gasteiger partial charge in [-0.3, -0.25) is 4.79 Å². The molecule has 0 aromatic heterocycles. The van der Waals surface area contributed by atoms with Gasteiger partial charge >= 0.3 is 12.1 Å². The number of benzene rings is 2. The Morgan fingerprint density at radius 1 is 0.903 bits per heavy atom. The van der Waals surface area contributed by atoms with Gasteiger partial charge in [0.1, 0.15) is 12.6 Å². The van der Waals surface area contributed by atoms with Gasteiger partial charge in [-0.1, -0.05) is 80.9 Å². The second-order valence-electron chi connectivity index (χ2n) is 7.26. The third-order valence-corrected chi connectivity index (χ3v) is 4.88. The summed E-state index contributed by atoms with van der Waals surface area (Å²) in [5.41, 5.74) is 1.95. The van der Waals surface area contributed by atoms with E-state index in [1.807, 2.05) is 74.5 Å². The molecule has 7 nitrogen and oxygen atoms in total. The first kappa shape index (κ1) is 23.9. The second kappa shape index (κ2) is 13.1. The highest BCUT2D eigenvalue weighted by Crippen LogP contribution is 2.10. The molecule has 2 atom stereocenters. The van der Waals surface area contributed by atoms with E-state index in [9.17, 15) is 14.4 Å². The number of rotatable bonds is 11. The molecule has 166 valence electrons. The van der Waals surface area contributed by atoms with E-state index in [4.69, 9.17) is 9.47 Å². The van der Waals surface area contributed by atoms with Crippen molar-refractivity contribution in [2.24, 2.45) is 5.92 Å². The third-order valence-electron chi connectivity index (χ3n) is 4.88. The molecule has 0 saturated heterocycles. The minimum Gasteiger partial charge on any atom is -0.454 e. The van der Waals surface area contributed by atoms with Crippen LogP contribution < -0.4 is 10.6 Å². The normalized spacial score (nSPS) is 12.3. The van der Waals surface area contributed by atoms with Gasteiger partial charge in [0.25, 0.3) is 5.91 Å². The van der Waals surface area contributed by atoms with Crippen molar-refractivity contribution in [2.75, 3.05) is 13.2 Å². The number of hydrogen-bond donors (Lipinski definition) is 2. The molecule has 0 radical (unpaired) electrons. The largest absolute Gasteiger partial charge is 0.454 e. The highest BCUT2D eigenvalue weighted by Gasteiger charge is 2.28. The summed E-state index contributed by atoms with van der Waals surface area (Å²) in [6, 6.07) is 18.1. The van der Waals surface area contributed by atoms with Gasteiger partial charge in [0.2, 0.25) is 0 Å². The summed E-state index contributed by atoms with van der Waals surface area (Å²) in [5.74, 6) is -1.24. The average Bonchev–Trinajstić information content (AvgIpc) is 2.80. The molecular formula is C24H30N2O5. The van der Waals surface area contributed by atoms with Crippen LogP contribution in [0.3, 0.4) is 0 Å². The maximum Gasteiger partial charge on any atom is 0.408 e. The van der Waals surface area contributed by atoms with E-state index in [1.165, 1.54) is 0 Å². The number of nitrogens with one attached hydrogen (secondary N) is 2. The van der Waals surface area contributed by atoms with Crippen LogP contribution in [0.2, 0.25) is 0 Å². The number of ether oxygens (including phenoxy) is 2. The Labute approximate surface area is 183 Å². The van der Waals surface area contributed by atoms with E-state index >= 15 is 0 Å². The number of amides is 2. The number of alkyl carbamates (subject to hydrolysis) is 1. The summed E-state index contributed by atoms with van der Waals surface area (Å²) in [7, 11) is 0. The lowest BCUT2D eigenvalue weighted by Crippen LogP contribution is -2.47. The molecule has 0 spiro atoms. The van der Waals surface area contributed by atoms with E-state index in [1.54, 1.807) is 0 Å². The van der Waals surface area contributed by atoms with E-state index < -0.39 is 24.7 Å². The minimum absolute atomic E-state index is 0.0960. The van der Waals surface area contributed by atoms with Gasteiger partial charge in [-0.15, -0.1) is 0 Å². The summed E-state index contributed by atoms with van der Waals surface area (Å²) < 4.78 is 10.3. The second-order valence-corrected chi connectivity index (χ2v) is 7.26. The first-order valence-corrected chi connectivity index (χ1v) is 10.4. The lowest BCUT2D eigenvalue weighted by molar-refractivity contribution is -0.151. The first-order valence-electron chi connectivity index (χ1n) is 10.4. The van der Waals surface area contributed by atoms with Gasteiger partial charge in [-0.05, 0) is 23.5 Å². The van der Waals surface area contributed by atoms with E-state index in [-0.39, 0.29) is 18.4 Å². The van der Waals surface area contributed by atoms with Crippen LogP contribution in [0.4, 0.5) is 4.79 Å². The number of carbonyl (C=O) groups excluding carboxylic acids is 3. The monoisotopic (exact) mass is 426 g/mol. The van der Waals surface area contributed by atoms with Gasteiger partial charge in [-0.2, -0.15) is 0 Å². The maximum absolute atomic E-state index is 12.5. The first-order chi connectivity index (χ1) is 15.0. The molecule has 0 fully saturated rings. The molecule has 0 aliphatic carbocycles. The van der Waals surface area contributed by atoms with Gasteiger partial charge in [-0.25, -0.2) is 9.59 Å². The summed E-state index contributed by atoms with van der Waals surface area (Å²) in [6.45, 7) is 3.86. The Kier molecular flexibility index (Phi) is 10.1. The number of hydrogen-bond acceptors (Lipinski definition) is 5. The van der Waals surface area contributed by atoms with Crippen LogP contribution in [0.5, 0.6) is 0 Å². The smallest absolute Gasteiger partial charge is 0.408 e. The molecule has 0 unspecified atom stereocenters. The molecule has 7 heteroatoms. The Balaban J connectivity index is 1.76. The minimum atomic E-state index is -0.898. The Morgan fingerprint density at radius 2 is 1.52 bits per heavy atom. The standard InChI is InChI=1S/C24H30N2O5/c1-3-18(2)22(26-24(29)31-16-20-12-8-5-9-13-20)23(28)30-17-21(27)25-15-14-19-10-6-4-7-11-19/h4-13,18,22H,3,14-17H2,1-2H3,(H,25,27)(H,26,29)/t18-,22-/m1/s1. The van der Waals surface area contributed by atoms with Crippen LogP contribution in [0.25, 0.3) is 0 Å². The van der Waals surface area contributed by atoms with Crippen LogP contribution in [0.15, 0.2) is 60.7 Å². The number of esters is 1. The van der Waals surface area contributed by atoms with Crippen molar-refractivity contribution in [3.8, 4) is 0 Å². The maximum atomic E-state index is 12.5. The summed E-state index contributed by atoms with van der Waals surface area (Å²) in [5, 5.41) is 5.28. The van der Waals surface area contributed by atoms with Crippen LogP contribution in [-0.2, 0) is 32.1 Å². The quantitative estimate of drug-likeness (QED) is 0.538. The van der Waals surface area contributed by atoms with Crippen LogP contribution in [-0.4, -0.2) is 37.2 Å². The van der Waals surface area contributed by atoms with Crippen molar-refractivity contribution in [1.82, 2.24) is 10.6 Å². The molecule has 0 heterocycles. The summed E-state index contributed by atoms with van der Waals surface area (Å²) in [6.07, 6.45) is 0.616. The van der Waals surface area contributed by atoms with E-state index in [0.29, 0.717) is 19.4 Å². The molecule has 0 aliphatic rings. The topological polar surface area (TPSA) is 93.7 Å². The lowest BCUT2D eigenvalue weighted by Gasteiger charge is -2.22. The molecule has 0 saturated carbocycles. The number of carbonyl (C=O) groups is 3. The molecule has 31 heavy (non-hydrogen) atoms. The lowest BCUT2D eigenvalue weighted by atomic mass is 9.99. The van der Waals surface area contributed by atoms with Crippen LogP contribution in [0.1, 0.15) is 31.4 Å². The molecule has 2 aromatic carbocycles. The summed E-state index contributed by atoms with van der Waals surface area (Å²) >= 11 is 0. The zero-order valence-corrected chi connectivity index (χ0v) is 18.0. The van der Waals surface area contributed by atoms with Gasteiger partial charge in [0, 0.05) is 6.54 Å². The molecule has 0 aliphatic heterocycles. The van der Waals surface area contributed by atoms with Crippen molar-refractivity contribution in [3.05, 3.63) is 71.8 Å². The predicted molar refractivity (Wildman–Crippen MR) is 117 cm³/mol. The zero-order valence-electron chi connectivity index (χ0n) is 18.0. The average molecular weight is 427 g/mol. The Bertz CT molecular complexity index is 826. The van der Waals surface area contributed by atoms with Crippen LogP contribution >= 0.6 is 0 Å². The third kappa shape index (κ3) is 8.90.